The molecule has 138 valence electrons. The van der Waals surface area contributed by atoms with Crippen LogP contribution < -0.4 is 15.6 Å². The summed E-state index contributed by atoms with van der Waals surface area (Å²) in [7, 11) is 0. The van der Waals surface area contributed by atoms with Crippen LogP contribution >= 0.6 is 0 Å². The number of rotatable bonds is 5. The van der Waals surface area contributed by atoms with Crippen LogP contribution in [0.2, 0.25) is 0 Å². The molecule has 3 rings (SSSR count). The summed E-state index contributed by atoms with van der Waals surface area (Å²) in [5.41, 5.74) is 1.38. The summed E-state index contributed by atoms with van der Waals surface area (Å²) < 4.78 is 21.0. The molecule has 5 nitrogen and oxygen atoms in total. The van der Waals surface area contributed by atoms with Gasteiger partial charge in [-0.3, -0.25) is 9.59 Å². The minimum atomic E-state index is -0.360. The highest BCUT2D eigenvalue weighted by Crippen LogP contribution is 2.25. The van der Waals surface area contributed by atoms with Crippen molar-refractivity contribution in [3.8, 4) is 5.75 Å². The van der Waals surface area contributed by atoms with Crippen LogP contribution in [0.15, 0.2) is 35.1 Å². The van der Waals surface area contributed by atoms with E-state index in [4.69, 9.17) is 4.74 Å². The van der Waals surface area contributed by atoms with Gasteiger partial charge in [-0.05, 0) is 32.3 Å². The number of carbonyl (C=O) groups is 1. The second-order valence-corrected chi connectivity index (χ2v) is 6.34. The molecular weight excluding hydrogens is 335 g/mol. The molecule has 1 aliphatic heterocycles. The Labute approximate surface area is 151 Å². The number of fused-ring (bicyclic) bond motifs is 1. The van der Waals surface area contributed by atoms with Crippen molar-refractivity contribution in [2.45, 2.75) is 45.7 Å². The highest BCUT2D eigenvalue weighted by molar-refractivity contribution is 5.98. The molecule has 0 radical (unpaired) electrons. The van der Waals surface area contributed by atoms with Crippen molar-refractivity contribution in [2.75, 3.05) is 6.61 Å². The van der Waals surface area contributed by atoms with Gasteiger partial charge in [0.2, 0.25) is 0 Å². The van der Waals surface area contributed by atoms with Crippen molar-refractivity contribution in [1.29, 1.82) is 0 Å². The smallest absolute Gasteiger partial charge is 0.257 e. The molecule has 26 heavy (non-hydrogen) atoms. The standard InChI is InChI=1S/C20H23FN2O3/c1-2-26-17-12-18(24)23-11-7-3-4-10-16(23)19(17)20(25)22-13-14-8-5-6-9-15(14)21/h5-6,8-9,12H,2-4,7,10-11,13H2,1H3,(H,22,25). The lowest BCUT2D eigenvalue weighted by molar-refractivity contribution is 0.0944. The Bertz CT molecular complexity index is 861. The number of amides is 1. The lowest BCUT2D eigenvalue weighted by Crippen LogP contribution is -2.31. The van der Waals surface area contributed by atoms with Crippen LogP contribution in [-0.2, 0) is 19.5 Å². The number of carbonyl (C=O) groups excluding carboxylic acids is 1. The van der Waals surface area contributed by atoms with Gasteiger partial charge in [0.1, 0.15) is 17.1 Å². The largest absolute Gasteiger partial charge is 0.493 e. The van der Waals surface area contributed by atoms with E-state index in [-0.39, 0.29) is 23.8 Å². The van der Waals surface area contributed by atoms with Crippen LogP contribution in [0.25, 0.3) is 0 Å². The Morgan fingerprint density at radius 1 is 1.27 bits per heavy atom. The van der Waals surface area contributed by atoms with Gasteiger partial charge in [0.15, 0.2) is 0 Å². The van der Waals surface area contributed by atoms with Crippen LogP contribution in [0.4, 0.5) is 4.39 Å². The molecule has 0 unspecified atom stereocenters. The molecule has 6 heteroatoms. The molecule has 0 saturated carbocycles. The van der Waals surface area contributed by atoms with Gasteiger partial charge in [0.25, 0.3) is 11.5 Å². The van der Waals surface area contributed by atoms with Gasteiger partial charge in [-0.2, -0.15) is 0 Å². The Morgan fingerprint density at radius 2 is 2.08 bits per heavy atom. The van der Waals surface area contributed by atoms with E-state index in [1.807, 2.05) is 6.92 Å². The quantitative estimate of drug-likeness (QED) is 0.894. The molecule has 1 aliphatic rings. The normalized spacial score (nSPS) is 13.6. The van der Waals surface area contributed by atoms with Crippen LogP contribution in [0, 0.1) is 5.82 Å². The Hall–Kier alpha value is -2.63. The van der Waals surface area contributed by atoms with Crippen molar-refractivity contribution >= 4 is 5.91 Å². The van der Waals surface area contributed by atoms with Crippen molar-refractivity contribution in [3.05, 3.63) is 63.3 Å². The maximum atomic E-state index is 13.8. The van der Waals surface area contributed by atoms with Gasteiger partial charge in [-0.15, -0.1) is 0 Å². The van der Waals surface area contributed by atoms with Crippen LogP contribution in [0.3, 0.4) is 0 Å². The molecule has 1 aromatic heterocycles. The predicted molar refractivity (Wildman–Crippen MR) is 97.0 cm³/mol. The van der Waals surface area contributed by atoms with E-state index in [2.05, 4.69) is 5.32 Å². The fourth-order valence-corrected chi connectivity index (χ4v) is 3.33. The van der Waals surface area contributed by atoms with E-state index in [1.54, 1.807) is 22.8 Å². The first-order chi connectivity index (χ1) is 12.6. The minimum absolute atomic E-state index is 0.0790. The van der Waals surface area contributed by atoms with E-state index < -0.39 is 0 Å². The summed E-state index contributed by atoms with van der Waals surface area (Å²) in [6.07, 6.45) is 3.50. The predicted octanol–water partition coefficient (Wildman–Crippen LogP) is 3.04. The molecule has 0 aliphatic carbocycles. The SMILES string of the molecule is CCOc1cc(=O)n2c(c1C(=O)NCc1ccccc1F)CCCCC2. The highest BCUT2D eigenvalue weighted by atomic mass is 19.1. The van der Waals surface area contributed by atoms with Gasteiger partial charge in [-0.25, -0.2) is 4.39 Å². The van der Waals surface area contributed by atoms with Crippen molar-refractivity contribution in [3.63, 3.8) is 0 Å². The molecule has 2 heterocycles. The Balaban J connectivity index is 1.95. The number of ether oxygens (including phenoxy) is 1. The van der Waals surface area contributed by atoms with Gasteiger partial charge < -0.3 is 14.6 Å². The summed E-state index contributed by atoms with van der Waals surface area (Å²) >= 11 is 0. The number of pyridine rings is 1. The molecule has 0 saturated heterocycles. The molecule has 0 bridgehead atoms. The first-order valence-electron chi connectivity index (χ1n) is 9.03. The topological polar surface area (TPSA) is 60.3 Å². The first kappa shape index (κ1) is 18.2. The van der Waals surface area contributed by atoms with Gasteiger partial charge in [0, 0.05) is 30.4 Å². The molecule has 0 spiro atoms. The molecule has 1 amide bonds. The fraction of sp³-hybridized carbons (Fsp3) is 0.400. The van der Waals surface area contributed by atoms with Gasteiger partial charge in [0.05, 0.1) is 6.61 Å². The van der Waals surface area contributed by atoms with E-state index in [9.17, 15) is 14.0 Å². The third kappa shape index (κ3) is 3.79. The average Bonchev–Trinajstić information content (AvgIpc) is 2.88. The third-order valence-corrected chi connectivity index (χ3v) is 4.60. The zero-order valence-corrected chi connectivity index (χ0v) is 14.9. The number of nitrogens with zero attached hydrogens (tertiary/aromatic N) is 1. The number of hydrogen-bond donors (Lipinski definition) is 1. The lowest BCUT2D eigenvalue weighted by atomic mass is 10.1. The number of aromatic nitrogens is 1. The third-order valence-electron chi connectivity index (χ3n) is 4.60. The molecule has 1 aromatic carbocycles. The highest BCUT2D eigenvalue weighted by Gasteiger charge is 2.23. The second-order valence-electron chi connectivity index (χ2n) is 6.34. The minimum Gasteiger partial charge on any atom is -0.493 e. The van der Waals surface area contributed by atoms with E-state index in [1.165, 1.54) is 12.1 Å². The number of halogens is 1. The van der Waals surface area contributed by atoms with Crippen LogP contribution in [0.5, 0.6) is 5.75 Å². The number of nitrogens with one attached hydrogen (secondary N) is 1. The molecule has 0 fully saturated rings. The average molecular weight is 358 g/mol. The monoisotopic (exact) mass is 358 g/mol. The van der Waals surface area contributed by atoms with Crippen LogP contribution in [-0.4, -0.2) is 17.1 Å². The molecular formula is C20H23FN2O3. The van der Waals surface area contributed by atoms with E-state index in [0.29, 0.717) is 42.1 Å². The lowest BCUT2D eigenvalue weighted by Gasteiger charge is -2.18. The van der Waals surface area contributed by atoms with Crippen molar-refractivity contribution < 1.29 is 13.9 Å². The Morgan fingerprint density at radius 3 is 2.85 bits per heavy atom. The molecule has 2 aromatic rings. The fourth-order valence-electron chi connectivity index (χ4n) is 3.33. The zero-order chi connectivity index (χ0) is 18.5. The molecule has 1 N–H and O–H groups in total. The van der Waals surface area contributed by atoms with E-state index >= 15 is 0 Å². The summed E-state index contributed by atoms with van der Waals surface area (Å²) in [5, 5.41) is 2.77. The van der Waals surface area contributed by atoms with Crippen molar-refractivity contribution in [2.24, 2.45) is 0 Å². The summed E-state index contributed by atoms with van der Waals surface area (Å²) in [6.45, 7) is 2.85. The number of hydrogen-bond acceptors (Lipinski definition) is 3. The maximum Gasteiger partial charge on any atom is 0.257 e. The number of benzene rings is 1. The second kappa shape index (κ2) is 8.17. The first-order valence-corrected chi connectivity index (χ1v) is 9.03. The Kier molecular flexibility index (Phi) is 5.71. The summed E-state index contributed by atoms with van der Waals surface area (Å²) in [5.74, 6) is -0.403. The maximum absolute atomic E-state index is 13.8. The van der Waals surface area contributed by atoms with Crippen molar-refractivity contribution in [1.82, 2.24) is 9.88 Å². The van der Waals surface area contributed by atoms with E-state index in [0.717, 1.165) is 19.3 Å². The summed E-state index contributed by atoms with van der Waals surface area (Å²) in [6, 6.07) is 7.72. The zero-order valence-electron chi connectivity index (χ0n) is 14.9. The molecule has 0 atom stereocenters. The van der Waals surface area contributed by atoms with Gasteiger partial charge >= 0.3 is 0 Å². The summed E-state index contributed by atoms with van der Waals surface area (Å²) in [4.78, 5) is 25.3. The van der Waals surface area contributed by atoms with Crippen LogP contribution in [0.1, 0.15) is 47.8 Å². The van der Waals surface area contributed by atoms with Gasteiger partial charge in [-0.1, -0.05) is 24.6 Å².